The van der Waals surface area contributed by atoms with E-state index in [1.54, 1.807) is 18.3 Å². The Balaban J connectivity index is 2.03. The maximum absolute atomic E-state index is 14.0. The third-order valence-electron chi connectivity index (χ3n) is 5.27. The highest BCUT2D eigenvalue weighted by Crippen LogP contribution is 2.38. The lowest BCUT2D eigenvalue weighted by Gasteiger charge is -2.15. The smallest absolute Gasteiger partial charge is 0.317 e. The van der Waals surface area contributed by atoms with Crippen molar-refractivity contribution >= 4 is 26.4 Å². The molecule has 1 aliphatic carbocycles. The lowest BCUT2D eigenvalue weighted by molar-refractivity contribution is 0.0932. The number of alkyl halides is 2. The number of hydrogen-bond acceptors (Lipinski definition) is 4. The fourth-order valence-corrected chi connectivity index (χ4v) is 3.44. The van der Waals surface area contributed by atoms with Gasteiger partial charge in [-0.25, -0.2) is 15.0 Å². The number of rotatable bonds is 10. The molecule has 1 aromatic heterocycles. The lowest BCUT2D eigenvalue weighted by atomic mass is 10.1. The second kappa shape index (κ2) is 10.4. The number of aliphatic imine (C=N–C) groups is 1. The summed E-state index contributed by atoms with van der Waals surface area (Å²) in [6.07, 6.45) is 11.3. The normalized spacial score (nSPS) is 15.8. The first-order valence-electron chi connectivity index (χ1n) is 10.9. The maximum atomic E-state index is 14.0. The van der Waals surface area contributed by atoms with E-state index in [1.807, 2.05) is 32.1 Å². The first-order valence-corrected chi connectivity index (χ1v) is 11.5. The van der Waals surface area contributed by atoms with Crippen molar-refractivity contribution in [2.45, 2.75) is 65.0 Å². The summed E-state index contributed by atoms with van der Waals surface area (Å²) in [5, 5.41) is 0.681. The van der Waals surface area contributed by atoms with Crippen LogP contribution in [0, 0.1) is 5.92 Å². The number of benzene rings is 1. The zero-order chi connectivity index (χ0) is 22.4. The molecule has 1 heterocycles. The van der Waals surface area contributed by atoms with Gasteiger partial charge in [-0.3, -0.25) is 0 Å². The molecule has 1 unspecified atom stereocenters. The van der Waals surface area contributed by atoms with Crippen LogP contribution < -0.4 is 4.74 Å². The highest BCUT2D eigenvalue weighted by molar-refractivity contribution is 7.17. The first kappa shape index (κ1) is 23.5. The molecule has 31 heavy (non-hydrogen) atoms. The minimum absolute atomic E-state index is 0.456. The second-order valence-corrected chi connectivity index (χ2v) is 8.50. The number of hydrogen-bond donors (Lipinski definition) is 0. The van der Waals surface area contributed by atoms with Crippen molar-refractivity contribution in [3.05, 3.63) is 53.3 Å². The average molecular weight is 445 g/mol. The van der Waals surface area contributed by atoms with Crippen LogP contribution in [0.3, 0.4) is 0 Å². The van der Waals surface area contributed by atoms with Crippen LogP contribution in [0.25, 0.3) is 10.9 Å². The van der Waals surface area contributed by atoms with Gasteiger partial charge >= 0.3 is 5.66 Å². The van der Waals surface area contributed by atoms with Gasteiger partial charge in [-0.15, -0.1) is 0 Å². The van der Waals surface area contributed by atoms with E-state index in [9.17, 15) is 8.78 Å². The molecule has 0 radical (unpaired) electrons. The minimum atomic E-state index is -3.18. The minimum Gasteiger partial charge on any atom is -0.439 e. The van der Waals surface area contributed by atoms with Gasteiger partial charge in [-0.2, -0.15) is 8.78 Å². The van der Waals surface area contributed by atoms with E-state index in [0.29, 0.717) is 40.6 Å². The van der Waals surface area contributed by atoms with Gasteiger partial charge in [0.25, 0.3) is 0 Å². The Morgan fingerprint density at radius 2 is 2.06 bits per heavy atom. The first-order chi connectivity index (χ1) is 14.9. The molecule has 2 aromatic rings. The number of halogens is 2. The predicted octanol–water partition coefficient (Wildman–Crippen LogP) is 6.95. The second-order valence-electron chi connectivity index (χ2n) is 7.78. The Labute approximate surface area is 185 Å². The molecule has 1 atom stereocenters. The van der Waals surface area contributed by atoms with Crippen LogP contribution >= 0.6 is 9.24 Å². The molecule has 0 aliphatic heterocycles. The van der Waals surface area contributed by atoms with Crippen LogP contribution in [0.2, 0.25) is 0 Å². The van der Waals surface area contributed by atoms with E-state index in [4.69, 9.17) is 4.74 Å². The van der Waals surface area contributed by atoms with Crippen molar-refractivity contribution in [3.8, 4) is 5.75 Å². The fraction of sp³-hybridized carbons (Fsp3) is 0.458. The third-order valence-corrected chi connectivity index (χ3v) is 5.53. The Morgan fingerprint density at radius 3 is 2.68 bits per heavy atom. The highest BCUT2D eigenvalue weighted by Gasteiger charge is 2.31. The van der Waals surface area contributed by atoms with Crippen molar-refractivity contribution < 1.29 is 13.5 Å². The van der Waals surface area contributed by atoms with Gasteiger partial charge in [0.05, 0.1) is 16.6 Å². The molecule has 0 saturated heterocycles. The standard InChI is InChI=1S/C24H30F2N3OP/c1-4-8-21(27-15-16(5-2)6-3)30-20-10-7-9-18-22(20)19(14-13-17-11-12-17)29-23(28-18)24(25,26)31/h5,7-10,15,17H,4,6,11-14,31H2,1-3H3/b16-5-,21-8-,27-15-. The van der Waals surface area contributed by atoms with Gasteiger partial charge in [0.2, 0.25) is 11.7 Å². The summed E-state index contributed by atoms with van der Waals surface area (Å²) in [5.74, 6) is 1.19. The van der Waals surface area contributed by atoms with Gasteiger partial charge in [-0.05, 0) is 62.3 Å². The van der Waals surface area contributed by atoms with Crippen molar-refractivity contribution in [2.24, 2.45) is 10.9 Å². The molecular weight excluding hydrogens is 415 g/mol. The zero-order valence-corrected chi connectivity index (χ0v) is 19.5. The zero-order valence-electron chi connectivity index (χ0n) is 18.4. The summed E-state index contributed by atoms with van der Waals surface area (Å²) in [6.45, 7) is 6.05. The van der Waals surface area contributed by atoms with Crippen LogP contribution in [0.5, 0.6) is 5.75 Å². The molecule has 0 spiro atoms. The Bertz CT molecular complexity index is 1010. The summed E-state index contributed by atoms with van der Waals surface area (Å²) >= 11 is 0. The lowest BCUT2D eigenvalue weighted by Crippen LogP contribution is -2.12. The molecule has 1 saturated carbocycles. The molecular formula is C24H30F2N3OP. The van der Waals surface area contributed by atoms with Crippen LogP contribution in [0.15, 0.2) is 46.8 Å². The quantitative estimate of drug-likeness (QED) is 0.226. The van der Waals surface area contributed by atoms with Gasteiger partial charge < -0.3 is 4.74 Å². The van der Waals surface area contributed by atoms with Gasteiger partial charge in [0, 0.05) is 6.21 Å². The molecule has 1 fully saturated rings. The average Bonchev–Trinajstić information content (AvgIpc) is 3.56. The number of nitrogens with zero attached hydrogens (tertiary/aromatic N) is 3. The van der Waals surface area contributed by atoms with Gasteiger partial charge in [-0.1, -0.05) is 48.1 Å². The molecule has 166 valence electrons. The molecule has 1 aromatic carbocycles. The maximum Gasteiger partial charge on any atom is 0.317 e. The number of aromatic nitrogens is 2. The summed E-state index contributed by atoms with van der Waals surface area (Å²) in [6, 6.07) is 5.31. The van der Waals surface area contributed by atoms with Crippen molar-refractivity contribution in [3.63, 3.8) is 0 Å². The number of fused-ring (bicyclic) bond motifs is 1. The summed E-state index contributed by atoms with van der Waals surface area (Å²) in [4.78, 5) is 12.9. The SMILES string of the molecule is C\C=C(/C=N\C(=C\CC)Oc1cccc2nc(C(F)(F)P)nc(CCC3CC3)c12)CC. The Morgan fingerprint density at radius 1 is 1.29 bits per heavy atom. The number of allylic oxidation sites excluding steroid dienone is 3. The van der Waals surface area contributed by atoms with Crippen LogP contribution in [0.1, 0.15) is 64.4 Å². The summed E-state index contributed by atoms with van der Waals surface area (Å²) in [7, 11) is 1.53. The summed E-state index contributed by atoms with van der Waals surface area (Å²) in [5.41, 5.74) is -1.02. The molecule has 0 amide bonds. The van der Waals surface area contributed by atoms with Gasteiger partial charge in [0.1, 0.15) is 5.75 Å². The number of aryl methyl sites for hydroxylation is 1. The van der Waals surface area contributed by atoms with Crippen LogP contribution in [-0.4, -0.2) is 16.2 Å². The van der Waals surface area contributed by atoms with Crippen molar-refractivity contribution in [1.82, 2.24) is 9.97 Å². The largest absolute Gasteiger partial charge is 0.439 e. The van der Waals surface area contributed by atoms with Crippen LogP contribution in [-0.2, 0) is 12.1 Å². The van der Waals surface area contributed by atoms with E-state index < -0.39 is 11.5 Å². The predicted molar refractivity (Wildman–Crippen MR) is 126 cm³/mol. The third kappa shape index (κ3) is 6.39. The number of ether oxygens (including phenoxy) is 1. The molecule has 1 aliphatic rings. The molecule has 4 nitrogen and oxygen atoms in total. The van der Waals surface area contributed by atoms with E-state index in [1.165, 1.54) is 22.1 Å². The Hall–Kier alpha value is -2.20. The van der Waals surface area contributed by atoms with E-state index in [0.717, 1.165) is 24.8 Å². The fourth-order valence-electron chi connectivity index (χ4n) is 3.31. The monoisotopic (exact) mass is 445 g/mol. The summed E-state index contributed by atoms with van der Waals surface area (Å²) < 4.78 is 34.2. The van der Waals surface area contributed by atoms with Gasteiger partial charge in [0.15, 0.2) is 0 Å². The Kier molecular flexibility index (Phi) is 7.88. The molecule has 0 N–H and O–H groups in total. The molecule has 0 bridgehead atoms. The van der Waals surface area contributed by atoms with E-state index >= 15 is 0 Å². The topological polar surface area (TPSA) is 47.4 Å². The molecule has 7 heteroatoms. The van der Waals surface area contributed by atoms with E-state index in [2.05, 4.69) is 21.9 Å². The highest BCUT2D eigenvalue weighted by atomic mass is 31.0. The van der Waals surface area contributed by atoms with Crippen molar-refractivity contribution in [2.75, 3.05) is 0 Å². The van der Waals surface area contributed by atoms with Crippen LogP contribution in [0.4, 0.5) is 8.78 Å². The van der Waals surface area contributed by atoms with Crippen molar-refractivity contribution in [1.29, 1.82) is 0 Å². The van der Waals surface area contributed by atoms with E-state index in [-0.39, 0.29) is 0 Å². The molecule has 3 rings (SSSR count).